The van der Waals surface area contributed by atoms with Crippen LogP contribution in [-0.2, 0) is 19.6 Å². The van der Waals surface area contributed by atoms with Crippen molar-refractivity contribution in [1.82, 2.24) is 34.1 Å². The average molecular weight is 1030 g/mol. The van der Waals surface area contributed by atoms with E-state index in [9.17, 15) is 28.0 Å². The number of aryl methyl sites for hydroxylation is 2. The summed E-state index contributed by atoms with van der Waals surface area (Å²) in [4.78, 5) is 26.7. The van der Waals surface area contributed by atoms with Gasteiger partial charge in [-0.25, -0.2) is 23.2 Å². The van der Waals surface area contributed by atoms with Crippen molar-refractivity contribution in [3.63, 3.8) is 0 Å². The molecule has 3 aromatic carbocycles. The van der Waals surface area contributed by atoms with Gasteiger partial charge in [0.2, 0.25) is 15.9 Å². The number of sulfonamides is 1. The van der Waals surface area contributed by atoms with Crippen molar-refractivity contribution in [3.05, 3.63) is 88.0 Å². The van der Waals surface area contributed by atoms with Crippen LogP contribution in [0.15, 0.2) is 65.6 Å². The van der Waals surface area contributed by atoms with Crippen molar-refractivity contribution in [2.75, 3.05) is 127 Å². The summed E-state index contributed by atoms with van der Waals surface area (Å²) in [5.74, 6) is 0.0514. The van der Waals surface area contributed by atoms with E-state index in [0.29, 0.717) is 40.7 Å². The molecule has 0 aromatic heterocycles. The summed E-state index contributed by atoms with van der Waals surface area (Å²) in [6.07, 6.45) is 8.00. The summed E-state index contributed by atoms with van der Waals surface area (Å²) < 4.78 is 50.8. The number of methoxy groups -OCH3 is 1. The maximum atomic E-state index is 13.2. The monoisotopic (exact) mass is 1030 g/mol. The molecule has 7 rings (SSSR count). The van der Waals surface area contributed by atoms with E-state index in [1.165, 1.54) is 61.9 Å². The molecule has 406 valence electrons. The van der Waals surface area contributed by atoms with Gasteiger partial charge in [0.15, 0.2) is 11.4 Å². The lowest BCUT2D eigenvalue weighted by atomic mass is 9.89. The third-order valence-electron chi connectivity index (χ3n) is 14.3. The van der Waals surface area contributed by atoms with Gasteiger partial charge in [-0.15, -0.1) is 0 Å². The van der Waals surface area contributed by atoms with Crippen LogP contribution in [0.25, 0.3) is 0 Å². The minimum absolute atomic E-state index is 0.0278. The highest BCUT2D eigenvalue weighted by atomic mass is 32.2. The second kappa shape index (κ2) is 29.3. The molecule has 19 nitrogen and oxygen atoms in total. The van der Waals surface area contributed by atoms with E-state index in [1.54, 1.807) is 45.2 Å². The molecule has 0 spiro atoms. The fraction of sp³-hybridized carbons (Fsp3) is 0.627. The van der Waals surface area contributed by atoms with E-state index in [0.717, 1.165) is 69.7 Å². The highest BCUT2D eigenvalue weighted by molar-refractivity contribution is 7.89. The van der Waals surface area contributed by atoms with Crippen molar-refractivity contribution in [1.29, 1.82) is 0 Å². The third kappa shape index (κ3) is 18.2. The minimum atomic E-state index is -3.69. The van der Waals surface area contributed by atoms with E-state index in [2.05, 4.69) is 72.1 Å². The van der Waals surface area contributed by atoms with Crippen molar-refractivity contribution in [2.45, 2.75) is 93.9 Å². The van der Waals surface area contributed by atoms with Gasteiger partial charge in [0.25, 0.3) is 0 Å². The Morgan fingerprint density at radius 1 is 0.792 bits per heavy atom. The van der Waals surface area contributed by atoms with E-state index < -0.39 is 26.3 Å². The zero-order chi connectivity index (χ0) is 53.3. The molecule has 4 aliphatic rings. The summed E-state index contributed by atoms with van der Waals surface area (Å²) in [6, 6.07) is 18.2. The number of benzene rings is 3. The van der Waals surface area contributed by atoms with E-state index >= 15 is 0 Å². The highest BCUT2D eigenvalue weighted by Crippen LogP contribution is 2.30. The lowest BCUT2D eigenvalue weighted by molar-refractivity contribution is -0.991. The number of likely N-dealkylation sites (N-methyl/N-ethyl adjacent to an activating group) is 5. The average Bonchev–Trinajstić information content (AvgIpc) is 4.17. The van der Waals surface area contributed by atoms with Gasteiger partial charge in [0.05, 0.1) is 18.6 Å². The fourth-order valence-electron chi connectivity index (χ4n) is 9.65. The SMILES string of the molecule is CN(C)C1CCN(c2cccc([NH+]([O-])O)c2)C1.CN(C)C1CCNC1.COc1cc(C)c(S(=O)(=O)N(C)CCOCC(=O)N(C)[C@H]2CCC[C@@H](N3CCC(N(C)C)C3)C2)c(C)c1.[O-][NH+](O)c1cccc(F)c1. The molecule has 3 aromatic rings. The number of nitrogens with zero attached hydrogens (tertiary/aromatic N) is 7. The molecule has 1 amide bonds. The second-order valence-electron chi connectivity index (χ2n) is 20.0. The first-order valence-electron chi connectivity index (χ1n) is 25.0. The Balaban J connectivity index is 0.000000259. The van der Waals surface area contributed by atoms with Gasteiger partial charge in [-0.2, -0.15) is 14.8 Å². The normalized spacial score (nSPS) is 22.2. The number of anilines is 1. The maximum Gasteiger partial charge on any atom is 0.248 e. The Labute approximate surface area is 428 Å². The molecule has 5 unspecified atom stereocenters. The van der Waals surface area contributed by atoms with E-state index in [4.69, 9.17) is 19.9 Å². The number of rotatable bonds is 16. The predicted molar refractivity (Wildman–Crippen MR) is 279 cm³/mol. The summed E-state index contributed by atoms with van der Waals surface area (Å²) >= 11 is 0. The van der Waals surface area contributed by atoms with E-state index in [-0.39, 0.29) is 42.3 Å². The number of carbonyl (C=O) groups excluding carboxylic acids is 1. The first-order valence-corrected chi connectivity index (χ1v) is 26.4. The van der Waals surface area contributed by atoms with Gasteiger partial charge in [-0.3, -0.25) is 9.69 Å². The van der Waals surface area contributed by atoms with Gasteiger partial charge < -0.3 is 49.7 Å². The zero-order valence-corrected chi connectivity index (χ0v) is 45.5. The van der Waals surface area contributed by atoms with Gasteiger partial charge >= 0.3 is 0 Å². The number of hydrogen-bond acceptors (Lipinski definition) is 15. The number of amides is 1. The zero-order valence-electron chi connectivity index (χ0n) is 44.6. The molecule has 0 radical (unpaired) electrons. The number of ether oxygens (including phenoxy) is 2. The van der Waals surface area contributed by atoms with Crippen LogP contribution in [0.3, 0.4) is 0 Å². The molecule has 3 aliphatic heterocycles. The molecular formula is C51H85FN10O9S. The quantitative estimate of drug-likeness (QED) is 0.104. The number of hydrogen-bond donors (Lipinski definition) is 5. The van der Waals surface area contributed by atoms with Crippen LogP contribution in [0.5, 0.6) is 5.75 Å². The molecule has 0 bridgehead atoms. The van der Waals surface area contributed by atoms with Crippen LogP contribution in [0.1, 0.15) is 56.1 Å². The standard InChI is InChI=1S/C27H46N4O5S.C12H19N3O2.C6H6FNO2.C6H14N2/c1-20-15-25(35-7)16-21(2)27(20)37(33,34)29(5)13-14-36-19-26(32)30(6)22-9-8-10-23(17-22)31-12-11-24(18-31)28(3)4;1-13(2)12-6-7-14(9-12)10-4-3-5-11(8-10)15(16)17;7-5-2-1-3-6(4-5)8(9)10;1-8(2)6-3-4-7-5-6/h15-16,22-24H,8-14,17-19H2,1-7H3;3-5,8,12,15-16H,6-7,9H2,1-2H3;1-4,8-9H;6-7H,3-5H2,1-2H3/t22-,23+,24?;;;/m0.../s1. The van der Waals surface area contributed by atoms with Crippen molar-refractivity contribution in [3.8, 4) is 5.75 Å². The number of nitrogens with one attached hydrogen (secondary N) is 3. The lowest BCUT2D eigenvalue weighted by Crippen LogP contribution is -2.99. The van der Waals surface area contributed by atoms with Crippen LogP contribution in [0.2, 0.25) is 0 Å². The number of likely N-dealkylation sites (tertiary alicyclic amines) is 1. The van der Waals surface area contributed by atoms with Crippen LogP contribution >= 0.6 is 0 Å². The van der Waals surface area contributed by atoms with Gasteiger partial charge in [0, 0.05) is 114 Å². The largest absolute Gasteiger partial charge is 0.595 e. The van der Waals surface area contributed by atoms with Gasteiger partial charge in [-0.1, -0.05) is 12.1 Å². The van der Waals surface area contributed by atoms with Crippen molar-refractivity contribution < 1.29 is 47.9 Å². The summed E-state index contributed by atoms with van der Waals surface area (Å²) in [6.45, 7) is 10.4. The molecular weight excluding hydrogens is 948 g/mol. The highest BCUT2D eigenvalue weighted by Gasteiger charge is 2.35. The van der Waals surface area contributed by atoms with Crippen LogP contribution in [0, 0.1) is 30.1 Å². The molecule has 5 N–H and O–H groups in total. The fourth-order valence-corrected chi connectivity index (χ4v) is 11.2. The molecule has 4 fully saturated rings. The maximum absolute atomic E-state index is 13.2. The first kappa shape index (κ1) is 60.6. The van der Waals surface area contributed by atoms with Gasteiger partial charge in [-0.05, 0) is 143 Å². The molecule has 3 saturated heterocycles. The van der Waals surface area contributed by atoms with Crippen molar-refractivity contribution in [2.24, 2.45) is 0 Å². The van der Waals surface area contributed by atoms with Gasteiger partial charge in [0.1, 0.15) is 18.2 Å². The number of carbonyl (C=O) groups is 1. The Hall–Kier alpha value is -3.91. The minimum Gasteiger partial charge on any atom is -0.595 e. The van der Waals surface area contributed by atoms with Crippen LogP contribution in [-0.4, -0.2) is 206 Å². The Bertz CT molecular complexity index is 2200. The van der Waals surface area contributed by atoms with E-state index in [1.807, 2.05) is 24.1 Å². The topological polar surface area (TPSA) is 200 Å². The van der Waals surface area contributed by atoms with Crippen LogP contribution < -0.4 is 25.4 Å². The lowest BCUT2D eigenvalue weighted by Gasteiger charge is -2.39. The predicted octanol–water partition coefficient (Wildman–Crippen LogP) is 2.72. The molecule has 1 aliphatic carbocycles. The summed E-state index contributed by atoms with van der Waals surface area (Å²) in [5, 5.41) is 39.7. The molecule has 72 heavy (non-hydrogen) atoms. The molecule has 7 atom stereocenters. The molecule has 21 heteroatoms. The number of quaternary nitrogens is 2. The third-order valence-corrected chi connectivity index (χ3v) is 16.5. The van der Waals surface area contributed by atoms with Crippen LogP contribution in [0.4, 0.5) is 21.5 Å². The first-order chi connectivity index (χ1) is 34.0. The molecule has 1 saturated carbocycles. The Morgan fingerprint density at radius 2 is 1.39 bits per heavy atom. The second-order valence-corrected chi connectivity index (χ2v) is 22.0. The summed E-state index contributed by atoms with van der Waals surface area (Å²) in [7, 11) is 14.0. The Morgan fingerprint density at radius 3 is 1.90 bits per heavy atom. The Kier molecular flexibility index (Phi) is 24.6. The summed E-state index contributed by atoms with van der Waals surface area (Å²) in [5.41, 5.74) is 2.61. The van der Waals surface area contributed by atoms with Crippen molar-refractivity contribution >= 4 is 33.0 Å². The smallest absolute Gasteiger partial charge is 0.248 e. The molecule has 3 heterocycles. The number of halogens is 1.